The average molecular weight is 299 g/mol. The van der Waals surface area contributed by atoms with Crippen molar-refractivity contribution in [3.05, 3.63) is 35.4 Å². The smallest absolute Gasteiger partial charge is 0.0108 e. The van der Waals surface area contributed by atoms with E-state index in [2.05, 4.69) is 39.4 Å². The maximum Gasteiger partial charge on any atom is 0.0108 e. The first-order chi connectivity index (χ1) is 10.8. The third-order valence-corrected chi connectivity index (χ3v) is 6.21. The van der Waals surface area contributed by atoms with Gasteiger partial charge in [-0.3, -0.25) is 0 Å². The molecule has 1 aromatic rings. The number of piperazine rings is 1. The van der Waals surface area contributed by atoms with Crippen LogP contribution in [0.25, 0.3) is 0 Å². The second-order valence-electron chi connectivity index (χ2n) is 7.41. The third kappa shape index (κ3) is 2.94. The molecule has 1 aromatic carbocycles. The van der Waals surface area contributed by atoms with Gasteiger partial charge in [0.15, 0.2) is 0 Å². The molecule has 4 saturated heterocycles. The van der Waals surface area contributed by atoms with Crippen molar-refractivity contribution in [2.75, 3.05) is 52.4 Å². The highest BCUT2D eigenvalue weighted by atomic mass is 15.2. The van der Waals surface area contributed by atoms with Crippen molar-refractivity contribution in [3.63, 3.8) is 0 Å². The van der Waals surface area contributed by atoms with Crippen molar-refractivity contribution in [1.29, 1.82) is 0 Å². The van der Waals surface area contributed by atoms with Crippen LogP contribution in [0.5, 0.6) is 0 Å². The van der Waals surface area contributed by atoms with Crippen molar-refractivity contribution >= 4 is 0 Å². The Morgan fingerprint density at radius 2 is 1.50 bits per heavy atom. The number of rotatable bonds is 4. The lowest BCUT2D eigenvalue weighted by molar-refractivity contribution is 0.0818. The second kappa shape index (κ2) is 6.31. The SMILES string of the molecule is c1cc(C23CCN(CC2)CC3)ccc1CCN1CCNCC1. The minimum Gasteiger partial charge on any atom is -0.314 e. The van der Waals surface area contributed by atoms with E-state index in [1.807, 2.05) is 0 Å². The van der Waals surface area contributed by atoms with Crippen molar-refractivity contribution in [3.8, 4) is 0 Å². The molecule has 2 bridgehead atoms. The Balaban J connectivity index is 1.38. The molecule has 4 aliphatic rings. The van der Waals surface area contributed by atoms with E-state index < -0.39 is 0 Å². The largest absolute Gasteiger partial charge is 0.314 e. The summed E-state index contributed by atoms with van der Waals surface area (Å²) < 4.78 is 0. The topological polar surface area (TPSA) is 18.5 Å². The first-order valence-corrected chi connectivity index (χ1v) is 9.09. The quantitative estimate of drug-likeness (QED) is 0.916. The molecule has 5 rings (SSSR count). The summed E-state index contributed by atoms with van der Waals surface area (Å²) in [5, 5.41) is 3.43. The van der Waals surface area contributed by atoms with E-state index in [-0.39, 0.29) is 0 Å². The molecular weight excluding hydrogens is 270 g/mol. The van der Waals surface area contributed by atoms with Crippen LogP contribution in [0.1, 0.15) is 30.4 Å². The van der Waals surface area contributed by atoms with Crippen LogP contribution in [0.4, 0.5) is 0 Å². The monoisotopic (exact) mass is 299 g/mol. The minimum atomic E-state index is 0.506. The van der Waals surface area contributed by atoms with Gasteiger partial charge in [-0.15, -0.1) is 0 Å². The Labute approximate surface area is 134 Å². The molecule has 22 heavy (non-hydrogen) atoms. The summed E-state index contributed by atoms with van der Waals surface area (Å²) in [6, 6.07) is 9.67. The number of nitrogens with one attached hydrogen (secondary N) is 1. The lowest BCUT2D eigenvalue weighted by Gasteiger charge is -2.49. The Morgan fingerprint density at radius 1 is 0.864 bits per heavy atom. The Kier molecular flexibility index (Phi) is 4.21. The van der Waals surface area contributed by atoms with E-state index in [0.29, 0.717) is 5.41 Å². The van der Waals surface area contributed by atoms with Gasteiger partial charge in [0.25, 0.3) is 0 Å². The standard InChI is InChI=1S/C19H29N3/c1-3-18(19-6-12-22(13-7-19)14-8-19)4-2-17(1)5-11-21-15-9-20-10-16-21/h1-4,20H,5-16H2. The van der Waals surface area contributed by atoms with Crippen LogP contribution in [-0.2, 0) is 11.8 Å². The number of piperidine rings is 3. The number of fused-ring (bicyclic) bond motifs is 3. The first kappa shape index (κ1) is 14.7. The highest BCUT2D eigenvalue weighted by Gasteiger charge is 2.40. The molecule has 0 unspecified atom stereocenters. The summed E-state index contributed by atoms with van der Waals surface area (Å²) in [6.45, 7) is 9.85. The summed E-state index contributed by atoms with van der Waals surface area (Å²) >= 11 is 0. The van der Waals surface area contributed by atoms with Crippen molar-refractivity contribution < 1.29 is 0 Å². The number of benzene rings is 1. The molecule has 0 spiro atoms. The van der Waals surface area contributed by atoms with Crippen molar-refractivity contribution in [2.45, 2.75) is 31.1 Å². The van der Waals surface area contributed by atoms with Gasteiger partial charge in [0, 0.05) is 32.7 Å². The van der Waals surface area contributed by atoms with E-state index in [4.69, 9.17) is 0 Å². The zero-order chi connectivity index (χ0) is 14.8. The summed E-state index contributed by atoms with van der Waals surface area (Å²) in [7, 11) is 0. The number of nitrogens with zero attached hydrogens (tertiary/aromatic N) is 2. The lowest BCUT2D eigenvalue weighted by Crippen LogP contribution is -2.50. The highest BCUT2D eigenvalue weighted by molar-refractivity contribution is 5.31. The number of hydrogen-bond acceptors (Lipinski definition) is 3. The van der Waals surface area contributed by atoms with Gasteiger partial charge in [0.2, 0.25) is 0 Å². The van der Waals surface area contributed by atoms with E-state index in [1.54, 1.807) is 5.56 Å². The van der Waals surface area contributed by atoms with E-state index in [0.717, 1.165) is 13.1 Å². The van der Waals surface area contributed by atoms with Crippen molar-refractivity contribution in [2.24, 2.45) is 0 Å². The second-order valence-corrected chi connectivity index (χ2v) is 7.41. The highest BCUT2D eigenvalue weighted by Crippen LogP contribution is 2.42. The fourth-order valence-corrected chi connectivity index (χ4v) is 4.51. The first-order valence-electron chi connectivity index (χ1n) is 9.09. The molecule has 0 amide bonds. The summed E-state index contributed by atoms with van der Waals surface area (Å²) in [4.78, 5) is 5.21. The van der Waals surface area contributed by atoms with Gasteiger partial charge < -0.3 is 15.1 Å². The minimum absolute atomic E-state index is 0.506. The zero-order valence-corrected chi connectivity index (χ0v) is 13.7. The van der Waals surface area contributed by atoms with Gasteiger partial charge >= 0.3 is 0 Å². The maximum absolute atomic E-state index is 3.43. The van der Waals surface area contributed by atoms with Crippen LogP contribution in [0.3, 0.4) is 0 Å². The molecule has 4 aliphatic heterocycles. The summed E-state index contributed by atoms with van der Waals surface area (Å²) in [5.74, 6) is 0. The summed E-state index contributed by atoms with van der Waals surface area (Å²) in [5.41, 5.74) is 3.62. The molecule has 0 aromatic heterocycles. The molecule has 0 radical (unpaired) electrons. The van der Waals surface area contributed by atoms with Gasteiger partial charge in [0.05, 0.1) is 0 Å². The van der Waals surface area contributed by atoms with Gasteiger partial charge in [-0.25, -0.2) is 0 Å². The lowest BCUT2D eigenvalue weighted by atomic mass is 9.67. The van der Waals surface area contributed by atoms with Crippen LogP contribution < -0.4 is 5.32 Å². The molecule has 0 saturated carbocycles. The van der Waals surface area contributed by atoms with Crippen LogP contribution in [0.2, 0.25) is 0 Å². The molecule has 4 fully saturated rings. The molecule has 1 N–H and O–H groups in total. The normalized spacial score (nSPS) is 32.3. The number of hydrogen-bond donors (Lipinski definition) is 1. The molecule has 120 valence electrons. The Morgan fingerprint density at radius 3 is 2.14 bits per heavy atom. The molecule has 0 atom stereocenters. The predicted octanol–water partition coefficient (Wildman–Crippen LogP) is 1.87. The van der Waals surface area contributed by atoms with E-state index >= 15 is 0 Å². The van der Waals surface area contributed by atoms with Crippen LogP contribution in [0, 0.1) is 0 Å². The van der Waals surface area contributed by atoms with Crippen LogP contribution in [-0.4, -0.2) is 62.2 Å². The molecule has 0 aliphatic carbocycles. The molecule has 3 nitrogen and oxygen atoms in total. The molecular formula is C19H29N3. The molecule has 3 heteroatoms. The fourth-order valence-electron chi connectivity index (χ4n) is 4.51. The van der Waals surface area contributed by atoms with Gasteiger partial charge in [-0.2, -0.15) is 0 Å². The van der Waals surface area contributed by atoms with Crippen LogP contribution >= 0.6 is 0 Å². The fraction of sp³-hybridized carbons (Fsp3) is 0.684. The Hall–Kier alpha value is -0.900. The zero-order valence-electron chi connectivity index (χ0n) is 13.7. The third-order valence-electron chi connectivity index (χ3n) is 6.21. The maximum atomic E-state index is 3.43. The van der Waals surface area contributed by atoms with Crippen molar-refractivity contribution in [1.82, 2.24) is 15.1 Å². The van der Waals surface area contributed by atoms with E-state index in [9.17, 15) is 0 Å². The predicted molar refractivity (Wildman–Crippen MR) is 91.4 cm³/mol. The molecule has 4 heterocycles. The summed E-state index contributed by atoms with van der Waals surface area (Å²) in [6.07, 6.45) is 5.30. The van der Waals surface area contributed by atoms with Gasteiger partial charge in [-0.05, 0) is 61.9 Å². The Bertz CT molecular complexity index is 468. The van der Waals surface area contributed by atoms with Gasteiger partial charge in [-0.1, -0.05) is 24.3 Å². The van der Waals surface area contributed by atoms with Gasteiger partial charge in [0.1, 0.15) is 0 Å². The average Bonchev–Trinajstić information content (AvgIpc) is 2.63. The van der Waals surface area contributed by atoms with E-state index in [1.165, 1.54) is 70.5 Å². The van der Waals surface area contributed by atoms with Crippen LogP contribution in [0.15, 0.2) is 24.3 Å².